The highest BCUT2D eigenvalue weighted by Crippen LogP contribution is 2.45. The number of hydrogen-bond acceptors (Lipinski definition) is 3. The van der Waals surface area contributed by atoms with Crippen molar-refractivity contribution in [2.24, 2.45) is 16.7 Å². The van der Waals surface area contributed by atoms with Gasteiger partial charge in [0.05, 0.1) is 13.2 Å². The van der Waals surface area contributed by atoms with E-state index >= 15 is 0 Å². The Morgan fingerprint density at radius 1 is 0.947 bits per heavy atom. The van der Waals surface area contributed by atoms with Gasteiger partial charge in [-0.1, -0.05) is 46.0 Å². The lowest BCUT2D eigenvalue weighted by atomic mass is 9.69. The summed E-state index contributed by atoms with van der Waals surface area (Å²) >= 11 is 0. The zero-order valence-electron chi connectivity index (χ0n) is 12.7. The highest BCUT2D eigenvalue weighted by Gasteiger charge is 2.50. The first-order valence-electron chi connectivity index (χ1n) is 7.97. The Bertz CT molecular complexity index is 272. The molecule has 2 unspecified atom stereocenters. The average Bonchev–Trinajstić information content (AvgIpc) is 2.71. The minimum Gasteiger partial charge on any atom is -0.396 e. The molecule has 1 saturated carbocycles. The van der Waals surface area contributed by atoms with Gasteiger partial charge in [0.1, 0.15) is 0 Å². The summed E-state index contributed by atoms with van der Waals surface area (Å²) in [6, 6.07) is 0. The SMILES string of the molecule is CC1(CO)CN(CCC2CCCCC2)CC1(C)CO. The fourth-order valence-corrected chi connectivity index (χ4v) is 3.91. The highest BCUT2D eigenvalue weighted by molar-refractivity contribution is 5.01. The van der Waals surface area contributed by atoms with Crippen LogP contribution in [-0.4, -0.2) is 48.0 Å². The maximum atomic E-state index is 9.69. The first-order valence-corrected chi connectivity index (χ1v) is 7.97. The van der Waals surface area contributed by atoms with Crippen molar-refractivity contribution in [3.8, 4) is 0 Å². The molecule has 0 aromatic rings. The summed E-state index contributed by atoms with van der Waals surface area (Å²) in [5.74, 6) is 0.912. The first kappa shape index (κ1) is 15.3. The molecule has 0 amide bonds. The Morgan fingerprint density at radius 2 is 1.47 bits per heavy atom. The van der Waals surface area contributed by atoms with Crippen LogP contribution in [0.15, 0.2) is 0 Å². The van der Waals surface area contributed by atoms with E-state index in [1.807, 2.05) is 0 Å². The first-order chi connectivity index (χ1) is 9.03. The van der Waals surface area contributed by atoms with Crippen molar-refractivity contribution in [3.05, 3.63) is 0 Å². The third kappa shape index (κ3) is 3.14. The smallest absolute Gasteiger partial charge is 0.0503 e. The van der Waals surface area contributed by atoms with Gasteiger partial charge in [-0.2, -0.15) is 0 Å². The van der Waals surface area contributed by atoms with Crippen LogP contribution in [0.3, 0.4) is 0 Å². The zero-order chi connectivity index (χ0) is 13.9. The average molecular weight is 269 g/mol. The molecule has 2 atom stereocenters. The molecule has 0 bridgehead atoms. The summed E-state index contributed by atoms with van der Waals surface area (Å²) in [4.78, 5) is 2.46. The molecular formula is C16H31NO2. The highest BCUT2D eigenvalue weighted by atomic mass is 16.3. The van der Waals surface area contributed by atoms with Gasteiger partial charge in [-0.05, 0) is 18.9 Å². The van der Waals surface area contributed by atoms with Gasteiger partial charge in [0.25, 0.3) is 0 Å². The van der Waals surface area contributed by atoms with Crippen LogP contribution in [0.2, 0.25) is 0 Å². The van der Waals surface area contributed by atoms with Crippen molar-refractivity contribution >= 4 is 0 Å². The standard InChI is InChI=1S/C16H31NO2/c1-15(12-18)10-17(11-16(15,2)13-19)9-8-14-6-4-3-5-7-14/h14,18-19H,3-13H2,1-2H3. The molecule has 112 valence electrons. The molecule has 3 nitrogen and oxygen atoms in total. The Kier molecular flexibility index (Phi) is 4.91. The van der Waals surface area contributed by atoms with Crippen LogP contribution in [0.4, 0.5) is 0 Å². The maximum absolute atomic E-state index is 9.69. The van der Waals surface area contributed by atoms with Crippen LogP contribution in [0.5, 0.6) is 0 Å². The number of likely N-dealkylation sites (tertiary alicyclic amines) is 1. The maximum Gasteiger partial charge on any atom is 0.0503 e. The minimum atomic E-state index is -0.158. The van der Waals surface area contributed by atoms with Gasteiger partial charge < -0.3 is 15.1 Å². The number of aliphatic hydroxyl groups excluding tert-OH is 2. The lowest BCUT2D eigenvalue weighted by Gasteiger charge is -2.36. The molecule has 0 radical (unpaired) electrons. The van der Waals surface area contributed by atoms with E-state index in [0.29, 0.717) is 0 Å². The van der Waals surface area contributed by atoms with Gasteiger partial charge >= 0.3 is 0 Å². The van der Waals surface area contributed by atoms with Crippen molar-refractivity contribution in [1.29, 1.82) is 0 Å². The number of rotatable bonds is 5. The van der Waals surface area contributed by atoms with E-state index in [1.165, 1.54) is 38.5 Å². The van der Waals surface area contributed by atoms with Gasteiger partial charge in [0.2, 0.25) is 0 Å². The molecule has 19 heavy (non-hydrogen) atoms. The summed E-state index contributed by atoms with van der Waals surface area (Å²) in [7, 11) is 0. The van der Waals surface area contributed by atoms with Crippen molar-refractivity contribution in [2.45, 2.75) is 52.4 Å². The molecule has 0 aromatic heterocycles. The molecule has 2 aliphatic rings. The zero-order valence-corrected chi connectivity index (χ0v) is 12.7. The van der Waals surface area contributed by atoms with E-state index in [2.05, 4.69) is 18.7 Å². The summed E-state index contributed by atoms with van der Waals surface area (Å²) in [5, 5.41) is 19.4. The molecule has 2 fully saturated rings. The van der Waals surface area contributed by atoms with Gasteiger partial charge in [-0.15, -0.1) is 0 Å². The third-order valence-corrected chi connectivity index (χ3v) is 5.88. The largest absolute Gasteiger partial charge is 0.396 e. The quantitative estimate of drug-likeness (QED) is 0.804. The molecule has 1 aliphatic heterocycles. The normalized spacial score (nSPS) is 37.9. The third-order valence-electron chi connectivity index (χ3n) is 5.88. The van der Waals surface area contributed by atoms with Crippen molar-refractivity contribution in [1.82, 2.24) is 4.90 Å². The van der Waals surface area contributed by atoms with Crippen molar-refractivity contribution < 1.29 is 10.2 Å². The van der Waals surface area contributed by atoms with Gasteiger partial charge in [-0.3, -0.25) is 0 Å². The molecule has 2 N–H and O–H groups in total. The molecule has 0 spiro atoms. The molecule has 2 rings (SSSR count). The molecule has 0 aromatic carbocycles. The Balaban J connectivity index is 1.85. The summed E-state index contributed by atoms with van der Waals surface area (Å²) in [6.45, 7) is 7.55. The lowest BCUT2D eigenvalue weighted by molar-refractivity contribution is 0.00976. The van der Waals surface area contributed by atoms with Gasteiger partial charge in [0, 0.05) is 23.9 Å². The molecule has 3 heteroatoms. The predicted octanol–water partition coefficient (Wildman–Crippen LogP) is 2.27. The molecular weight excluding hydrogens is 238 g/mol. The lowest BCUT2D eigenvalue weighted by Crippen LogP contribution is -2.41. The summed E-state index contributed by atoms with van der Waals surface area (Å²) in [5.41, 5.74) is -0.317. The van der Waals surface area contributed by atoms with E-state index in [9.17, 15) is 10.2 Å². The second kappa shape index (κ2) is 6.11. The number of hydrogen-bond donors (Lipinski definition) is 2. The second-order valence-electron chi connectivity index (χ2n) is 7.44. The van der Waals surface area contributed by atoms with Crippen LogP contribution >= 0.6 is 0 Å². The Labute approximate surface area is 118 Å². The van der Waals surface area contributed by atoms with E-state index < -0.39 is 0 Å². The Morgan fingerprint density at radius 3 is 1.95 bits per heavy atom. The second-order valence-corrected chi connectivity index (χ2v) is 7.44. The fourth-order valence-electron chi connectivity index (χ4n) is 3.91. The topological polar surface area (TPSA) is 43.7 Å². The molecule has 1 heterocycles. The van der Waals surface area contributed by atoms with E-state index in [4.69, 9.17) is 0 Å². The van der Waals surface area contributed by atoms with Crippen LogP contribution in [0, 0.1) is 16.7 Å². The van der Waals surface area contributed by atoms with Gasteiger partial charge in [0.15, 0.2) is 0 Å². The molecule has 1 aliphatic carbocycles. The van der Waals surface area contributed by atoms with E-state index in [0.717, 1.165) is 25.6 Å². The molecule has 1 saturated heterocycles. The summed E-state index contributed by atoms with van der Waals surface area (Å²) < 4.78 is 0. The fraction of sp³-hybridized carbons (Fsp3) is 1.00. The van der Waals surface area contributed by atoms with Crippen molar-refractivity contribution in [3.63, 3.8) is 0 Å². The Hall–Kier alpha value is -0.120. The van der Waals surface area contributed by atoms with Crippen LogP contribution in [0.25, 0.3) is 0 Å². The van der Waals surface area contributed by atoms with Crippen LogP contribution in [0.1, 0.15) is 52.4 Å². The van der Waals surface area contributed by atoms with Crippen LogP contribution in [-0.2, 0) is 0 Å². The van der Waals surface area contributed by atoms with Crippen LogP contribution < -0.4 is 0 Å². The van der Waals surface area contributed by atoms with Crippen molar-refractivity contribution in [2.75, 3.05) is 32.8 Å². The predicted molar refractivity (Wildman–Crippen MR) is 78.0 cm³/mol. The number of aliphatic hydroxyl groups is 2. The minimum absolute atomic E-state index is 0.158. The van der Waals surface area contributed by atoms with E-state index in [-0.39, 0.29) is 24.0 Å². The monoisotopic (exact) mass is 269 g/mol. The van der Waals surface area contributed by atoms with E-state index in [1.54, 1.807) is 0 Å². The van der Waals surface area contributed by atoms with Gasteiger partial charge in [-0.25, -0.2) is 0 Å². The summed E-state index contributed by atoms with van der Waals surface area (Å²) in [6.07, 6.45) is 8.35. The number of nitrogens with zero attached hydrogens (tertiary/aromatic N) is 1.